The fraction of sp³-hybridized carbons (Fsp3) is 0.387. The molecule has 2 aliphatic heterocycles. The summed E-state index contributed by atoms with van der Waals surface area (Å²) in [5, 5.41) is 7.48. The van der Waals surface area contributed by atoms with Gasteiger partial charge in [-0.1, -0.05) is 31.0 Å². The van der Waals surface area contributed by atoms with Gasteiger partial charge in [-0.3, -0.25) is 9.59 Å². The Morgan fingerprint density at radius 1 is 1.02 bits per heavy atom. The Balaban J connectivity index is 0.000000238. The van der Waals surface area contributed by atoms with E-state index in [1.54, 1.807) is 43.4 Å². The number of aromatic nitrogens is 4. The van der Waals surface area contributed by atoms with Crippen LogP contribution in [-0.4, -0.2) is 90.6 Å². The molecule has 230 valence electrons. The van der Waals surface area contributed by atoms with E-state index in [0.29, 0.717) is 29.1 Å². The van der Waals surface area contributed by atoms with E-state index in [1.807, 2.05) is 18.3 Å². The van der Waals surface area contributed by atoms with Crippen LogP contribution < -0.4 is 15.5 Å². The van der Waals surface area contributed by atoms with E-state index >= 15 is 0 Å². The van der Waals surface area contributed by atoms with Crippen molar-refractivity contribution in [3.05, 3.63) is 66.1 Å². The number of ketones is 1. The van der Waals surface area contributed by atoms with Crippen LogP contribution in [0.2, 0.25) is 0 Å². The first-order valence-electron chi connectivity index (χ1n) is 14.8. The summed E-state index contributed by atoms with van der Waals surface area (Å²) in [4.78, 5) is 41.9. The molecule has 0 spiro atoms. The average Bonchev–Trinajstić information content (AvgIpc) is 3.74. The van der Waals surface area contributed by atoms with Crippen LogP contribution in [0, 0.1) is 0 Å². The number of hydrogen-bond acceptors (Lipinski definition) is 10. The molecule has 3 aliphatic rings. The quantitative estimate of drug-likeness (QED) is 0.342. The minimum atomic E-state index is -3.30. The molecule has 3 aromatic heterocycles. The molecule has 1 aliphatic carbocycles. The molecule has 1 saturated carbocycles. The number of carbonyl (C=O) groups is 2. The van der Waals surface area contributed by atoms with E-state index in [9.17, 15) is 18.0 Å². The zero-order valence-corrected chi connectivity index (χ0v) is 25.7. The van der Waals surface area contributed by atoms with Crippen molar-refractivity contribution >= 4 is 50.0 Å². The van der Waals surface area contributed by atoms with Crippen molar-refractivity contribution in [2.45, 2.75) is 36.6 Å². The number of piperazine rings is 1. The lowest BCUT2D eigenvalue weighted by Gasteiger charge is -2.29. The summed E-state index contributed by atoms with van der Waals surface area (Å²) in [6.45, 7) is 3.96. The Morgan fingerprint density at radius 2 is 1.77 bits per heavy atom. The number of rotatable bonds is 5. The Kier molecular flexibility index (Phi) is 8.32. The largest absolute Gasteiger partial charge is 0.368 e. The van der Waals surface area contributed by atoms with Crippen molar-refractivity contribution in [1.29, 1.82) is 0 Å². The number of fused-ring (bicyclic) bond motifs is 2. The van der Waals surface area contributed by atoms with Crippen LogP contribution in [0.3, 0.4) is 0 Å². The summed E-state index contributed by atoms with van der Waals surface area (Å²) < 4.78 is 24.6. The maximum atomic E-state index is 12.9. The Bertz CT molecular complexity index is 1790. The molecule has 1 saturated heterocycles. The summed E-state index contributed by atoms with van der Waals surface area (Å²) in [6.07, 6.45) is 8.18. The highest BCUT2D eigenvalue weighted by Gasteiger charge is 2.32. The normalized spacial score (nSPS) is 17.7. The van der Waals surface area contributed by atoms with Gasteiger partial charge < -0.3 is 25.0 Å². The molecule has 2 N–H and O–H groups in total. The zero-order valence-electron chi connectivity index (χ0n) is 24.9. The summed E-state index contributed by atoms with van der Waals surface area (Å²) in [5.41, 5.74) is 2.94. The highest BCUT2D eigenvalue weighted by molar-refractivity contribution is 7.92. The number of sulfone groups is 1. The molecule has 5 heterocycles. The van der Waals surface area contributed by atoms with E-state index in [4.69, 9.17) is 4.98 Å². The third-order valence-corrected chi connectivity index (χ3v) is 9.87. The third-order valence-electron chi connectivity index (χ3n) is 8.20. The lowest BCUT2D eigenvalue weighted by molar-refractivity contribution is 0.0815. The first kappa shape index (κ1) is 29.7. The molecule has 12 nitrogen and oxygen atoms in total. The van der Waals surface area contributed by atoms with Crippen LogP contribution in [0.25, 0.3) is 11.0 Å². The predicted octanol–water partition coefficient (Wildman–Crippen LogP) is 3.45. The molecule has 7 rings (SSSR count). The number of anilines is 3. The summed E-state index contributed by atoms with van der Waals surface area (Å²) in [5.74, 6) is 0.514. The van der Waals surface area contributed by atoms with Gasteiger partial charge in [-0.05, 0) is 37.1 Å². The van der Waals surface area contributed by atoms with Crippen molar-refractivity contribution in [1.82, 2.24) is 29.7 Å². The van der Waals surface area contributed by atoms with Crippen LogP contribution in [0.15, 0.2) is 59.8 Å². The molecule has 0 bridgehead atoms. The van der Waals surface area contributed by atoms with E-state index in [2.05, 4.69) is 36.1 Å². The Labute approximate surface area is 256 Å². The number of benzene rings is 1. The fourth-order valence-electron chi connectivity index (χ4n) is 5.97. The van der Waals surface area contributed by atoms with Gasteiger partial charge in [0.05, 0.1) is 16.8 Å². The second kappa shape index (κ2) is 12.3. The first-order chi connectivity index (χ1) is 21.2. The minimum Gasteiger partial charge on any atom is -0.368 e. The van der Waals surface area contributed by atoms with Crippen molar-refractivity contribution in [3.8, 4) is 0 Å². The van der Waals surface area contributed by atoms with Gasteiger partial charge in [0, 0.05) is 63.5 Å². The lowest BCUT2D eigenvalue weighted by atomic mass is 10.2. The van der Waals surface area contributed by atoms with Crippen molar-refractivity contribution in [2.24, 2.45) is 0 Å². The predicted molar refractivity (Wildman–Crippen MR) is 168 cm³/mol. The second-order valence-corrected chi connectivity index (χ2v) is 13.4. The number of hydrogen-bond donors (Lipinski definition) is 2. The molecule has 1 aromatic carbocycles. The van der Waals surface area contributed by atoms with Gasteiger partial charge in [0.25, 0.3) is 5.91 Å². The smallest absolute Gasteiger partial charge is 0.270 e. The molecule has 4 aromatic rings. The number of nitrogens with zero attached hydrogens (tertiary/aromatic N) is 6. The maximum Gasteiger partial charge on any atom is 0.270 e. The van der Waals surface area contributed by atoms with Crippen LogP contribution in [0.1, 0.15) is 52.6 Å². The monoisotopic (exact) mass is 616 g/mol. The molecule has 0 unspecified atom stereocenters. The Morgan fingerprint density at radius 3 is 2.45 bits per heavy atom. The second-order valence-electron chi connectivity index (χ2n) is 11.5. The fourth-order valence-corrected chi connectivity index (χ4v) is 7.43. The van der Waals surface area contributed by atoms with Crippen molar-refractivity contribution in [2.75, 3.05) is 56.2 Å². The van der Waals surface area contributed by atoms with Crippen molar-refractivity contribution in [3.63, 3.8) is 0 Å². The number of Topliss-reactive ketones (excluding diaryl/α,β-unsaturated/α-hetero) is 1. The SMILES string of the molecule is CN(C)C(=O)c1cc2cnc(Nc3ccc(N4CCNCC4)cn3)nc2n1C1CCCC1.O=C1CS(=O)(=O)c2ccccc21. The third kappa shape index (κ3) is 6.02. The van der Waals surface area contributed by atoms with Gasteiger partial charge >= 0.3 is 0 Å². The Hall–Kier alpha value is -4.36. The molecule has 0 radical (unpaired) electrons. The highest BCUT2D eigenvalue weighted by atomic mass is 32.2. The number of pyridine rings is 1. The molecule has 13 heteroatoms. The average molecular weight is 617 g/mol. The summed E-state index contributed by atoms with van der Waals surface area (Å²) >= 11 is 0. The van der Waals surface area contributed by atoms with E-state index in [-0.39, 0.29) is 22.3 Å². The van der Waals surface area contributed by atoms with Crippen LogP contribution in [0.5, 0.6) is 0 Å². The molecule has 2 fully saturated rings. The van der Waals surface area contributed by atoms with E-state index in [1.165, 1.54) is 18.9 Å². The van der Waals surface area contributed by atoms with Gasteiger partial charge in [-0.15, -0.1) is 0 Å². The van der Waals surface area contributed by atoms with Crippen molar-refractivity contribution < 1.29 is 18.0 Å². The van der Waals surface area contributed by atoms with Gasteiger partial charge in [0.15, 0.2) is 15.6 Å². The number of amides is 1. The lowest BCUT2D eigenvalue weighted by Crippen LogP contribution is -2.43. The molecule has 44 heavy (non-hydrogen) atoms. The van der Waals surface area contributed by atoms with Gasteiger partial charge in [-0.2, -0.15) is 4.98 Å². The molecular weight excluding hydrogens is 580 g/mol. The maximum absolute atomic E-state index is 12.9. The topological polar surface area (TPSA) is 142 Å². The summed E-state index contributed by atoms with van der Waals surface area (Å²) in [6, 6.07) is 12.5. The minimum absolute atomic E-state index is 0.00502. The molecular formula is C31H36N8O4S. The number of nitrogens with one attached hydrogen (secondary N) is 2. The number of carbonyl (C=O) groups excluding carboxylic acids is 2. The van der Waals surface area contributed by atoms with Crippen LogP contribution in [-0.2, 0) is 9.84 Å². The first-order valence-corrected chi connectivity index (χ1v) is 16.5. The molecule has 0 atom stereocenters. The van der Waals surface area contributed by atoms with E-state index < -0.39 is 9.84 Å². The van der Waals surface area contributed by atoms with Gasteiger partial charge in [0.1, 0.15) is 22.9 Å². The van der Waals surface area contributed by atoms with Crippen LogP contribution in [0.4, 0.5) is 17.5 Å². The standard InChI is InChI=1S/C23H30N8O.C8H6O3S/c1-29(2)22(32)19-13-16-14-26-23(28-21(16)31(19)17-5-3-4-6-17)27-20-8-7-18(15-25-20)30-11-9-24-10-12-30;9-7-5-12(10,11)8-4-2-1-3-6(7)8/h7-8,13-15,17,24H,3-6,9-12H2,1-2H3,(H,25,26,27,28);1-4H,5H2. The molecule has 1 amide bonds. The van der Waals surface area contributed by atoms with E-state index in [0.717, 1.165) is 55.7 Å². The van der Waals surface area contributed by atoms with Gasteiger partial charge in [0.2, 0.25) is 5.95 Å². The zero-order chi connectivity index (χ0) is 30.8. The summed E-state index contributed by atoms with van der Waals surface area (Å²) in [7, 11) is 0.266. The van der Waals surface area contributed by atoms with Gasteiger partial charge in [-0.25, -0.2) is 18.4 Å². The van der Waals surface area contributed by atoms with Crippen LogP contribution >= 0.6 is 0 Å². The highest BCUT2D eigenvalue weighted by Crippen LogP contribution is 2.35.